The molecule has 1 aliphatic rings. The normalized spacial score (nSPS) is 20.9. The van der Waals surface area contributed by atoms with E-state index in [1.165, 1.54) is 0 Å². The van der Waals surface area contributed by atoms with Crippen LogP contribution in [0.15, 0.2) is 73.3 Å². The maximum Gasteiger partial charge on any atom is 0.235 e. The molecule has 0 unspecified atom stereocenters. The molecule has 1 N–H and O–H groups in total. The molecule has 3 aromatic carbocycles. The third kappa shape index (κ3) is 4.59. The van der Waals surface area contributed by atoms with Crippen LogP contribution in [0, 0.1) is 5.41 Å². The van der Waals surface area contributed by atoms with Crippen molar-refractivity contribution in [1.82, 2.24) is 0 Å². The molecule has 0 bridgehead atoms. The number of carbonyl (C=O) groups excluding carboxylic acids is 1. The molecule has 1 fully saturated rings. The summed E-state index contributed by atoms with van der Waals surface area (Å²) in [5.41, 5.74) is 0.766. The van der Waals surface area contributed by atoms with Crippen LogP contribution in [0.2, 0.25) is 5.02 Å². The second kappa shape index (κ2) is 9.10. The van der Waals surface area contributed by atoms with Gasteiger partial charge in [0.25, 0.3) is 0 Å². The molecule has 31 heavy (non-hydrogen) atoms. The number of benzene rings is 3. The highest BCUT2D eigenvalue weighted by Crippen LogP contribution is 2.35. The maximum atomic E-state index is 13.1. The van der Waals surface area contributed by atoms with Gasteiger partial charge < -0.3 is 19.5 Å². The summed E-state index contributed by atoms with van der Waals surface area (Å²) < 4.78 is 17.5. The fraction of sp³-hybridized carbons (Fsp3) is 0.240. The van der Waals surface area contributed by atoms with Crippen molar-refractivity contribution >= 4 is 34.0 Å². The minimum absolute atomic E-state index is 0.160. The molecule has 0 saturated carbocycles. The molecule has 0 radical (unpaired) electrons. The molecule has 1 aliphatic heterocycles. The number of ether oxygens (including phenoxy) is 3. The Morgan fingerprint density at radius 3 is 2.48 bits per heavy atom. The Morgan fingerprint density at radius 1 is 1.13 bits per heavy atom. The van der Waals surface area contributed by atoms with Crippen molar-refractivity contribution < 1.29 is 19.0 Å². The number of nitrogens with one attached hydrogen (secondary N) is 1. The second-order valence-electron chi connectivity index (χ2n) is 7.78. The van der Waals surface area contributed by atoms with E-state index in [1.807, 2.05) is 55.5 Å². The molecule has 5 nitrogen and oxygen atoms in total. The van der Waals surface area contributed by atoms with Crippen molar-refractivity contribution in [3.05, 3.63) is 83.9 Å². The standard InChI is InChI=1S/C25H24ClNO4/c1-3-14-29-22-13-12-21(19-6-4-5-7-20(19)22)27-24(28)25(2)15-30-23(31-16-25)17-8-10-18(26)11-9-17/h3-13,23H,1,14-16H2,2H3,(H,27,28). The first-order valence-corrected chi connectivity index (χ1v) is 10.4. The van der Waals surface area contributed by atoms with Crippen molar-refractivity contribution in [2.75, 3.05) is 25.1 Å². The zero-order valence-electron chi connectivity index (χ0n) is 17.3. The number of halogens is 1. The van der Waals surface area contributed by atoms with E-state index in [9.17, 15) is 4.79 Å². The first kappa shape index (κ1) is 21.4. The Kier molecular flexibility index (Phi) is 6.28. The molecule has 160 valence electrons. The van der Waals surface area contributed by atoms with Crippen molar-refractivity contribution in [3.8, 4) is 5.75 Å². The summed E-state index contributed by atoms with van der Waals surface area (Å²) in [6.07, 6.45) is 1.19. The highest BCUT2D eigenvalue weighted by molar-refractivity contribution is 6.30. The molecular weight excluding hydrogens is 414 g/mol. The zero-order valence-corrected chi connectivity index (χ0v) is 18.0. The number of rotatable bonds is 6. The first-order valence-electron chi connectivity index (χ1n) is 10.1. The van der Waals surface area contributed by atoms with Crippen molar-refractivity contribution in [2.24, 2.45) is 5.41 Å². The van der Waals surface area contributed by atoms with Crippen LogP contribution >= 0.6 is 11.6 Å². The van der Waals surface area contributed by atoms with E-state index in [4.69, 9.17) is 25.8 Å². The van der Waals surface area contributed by atoms with Crippen LogP contribution in [0.25, 0.3) is 10.8 Å². The van der Waals surface area contributed by atoms with Crippen LogP contribution < -0.4 is 10.1 Å². The van der Waals surface area contributed by atoms with Gasteiger partial charge in [0, 0.05) is 27.0 Å². The predicted molar refractivity (Wildman–Crippen MR) is 122 cm³/mol. The van der Waals surface area contributed by atoms with E-state index >= 15 is 0 Å². The quantitative estimate of drug-likeness (QED) is 0.499. The van der Waals surface area contributed by atoms with Crippen LogP contribution in [-0.2, 0) is 14.3 Å². The lowest BCUT2D eigenvalue weighted by Crippen LogP contribution is -2.45. The van der Waals surface area contributed by atoms with Gasteiger partial charge in [0.05, 0.1) is 18.6 Å². The molecule has 0 aliphatic carbocycles. The van der Waals surface area contributed by atoms with Crippen LogP contribution in [0.4, 0.5) is 5.69 Å². The zero-order chi connectivity index (χ0) is 21.8. The molecule has 4 rings (SSSR count). The SMILES string of the molecule is C=CCOc1ccc(NC(=O)C2(C)COC(c3ccc(Cl)cc3)OC2)c2ccccc12. The highest BCUT2D eigenvalue weighted by atomic mass is 35.5. The fourth-order valence-electron chi connectivity index (χ4n) is 3.48. The van der Waals surface area contributed by atoms with E-state index < -0.39 is 11.7 Å². The van der Waals surface area contributed by atoms with Gasteiger partial charge in [-0.3, -0.25) is 4.79 Å². The molecule has 3 aromatic rings. The van der Waals surface area contributed by atoms with E-state index in [0.29, 0.717) is 17.3 Å². The average molecular weight is 438 g/mol. The van der Waals surface area contributed by atoms with Crippen molar-refractivity contribution in [3.63, 3.8) is 0 Å². The topological polar surface area (TPSA) is 56.8 Å². The van der Waals surface area contributed by atoms with E-state index in [1.54, 1.807) is 18.2 Å². The number of anilines is 1. The third-order valence-electron chi connectivity index (χ3n) is 5.29. The molecular formula is C25H24ClNO4. The smallest absolute Gasteiger partial charge is 0.235 e. The summed E-state index contributed by atoms with van der Waals surface area (Å²) in [4.78, 5) is 13.1. The number of fused-ring (bicyclic) bond motifs is 1. The first-order chi connectivity index (χ1) is 15.0. The summed E-state index contributed by atoms with van der Waals surface area (Å²) in [5, 5.41) is 5.52. The summed E-state index contributed by atoms with van der Waals surface area (Å²) >= 11 is 5.94. The minimum Gasteiger partial charge on any atom is -0.489 e. The maximum absolute atomic E-state index is 13.1. The second-order valence-corrected chi connectivity index (χ2v) is 8.21. The summed E-state index contributed by atoms with van der Waals surface area (Å²) in [6.45, 7) is 6.42. The number of hydrogen-bond donors (Lipinski definition) is 1. The van der Waals surface area contributed by atoms with E-state index in [2.05, 4.69) is 11.9 Å². The summed E-state index contributed by atoms with van der Waals surface area (Å²) in [6, 6.07) is 18.8. The monoisotopic (exact) mass is 437 g/mol. The van der Waals surface area contributed by atoms with Gasteiger partial charge in [-0.25, -0.2) is 0 Å². The van der Waals surface area contributed by atoms with Gasteiger partial charge in [0.15, 0.2) is 6.29 Å². The molecule has 0 spiro atoms. The van der Waals surface area contributed by atoms with Gasteiger partial charge in [-0.2, -0.15) is 0 Å². The van der Waals surface area contributed by atoms with Gasteiger partial charge >= 0.3 is 0 Å². The van der Waals surface area contributed by atoms with E-state index in [-0.39, 0.29) is 19.1 Å². The highest BCUT2D eigenvalue weighted by Gasteiger charge is 2.40. The van der Waals surface area contributed by atoms with Crippen molar-refractivity contribution in [2.45, 2.75) is 13.2 Å². The van der Waals surface area contributed by atoms with Gasteiger partial charge in [0.2, 0.25) is 5.91 Å². The number of amides is 1. The number of hydrogen-bond acceptors (Lipinski definition) is 4. The lowest BCUT2D eigenvalue weighted by Gasteiger charge is -2.36. The lowest BCUT2D eigenvalue weighted by atomic mass is 9.90. The predicted octanol–water partition coefficient (Wildman–Crippen LogP) is 5.75. The largest absolute Gasteiger partial charge is 0.489 e. The molecule has 1 heterocycles. The lowest BCUT2D eigenvalue weighted by molar-refractivity contribution is -0.226. The molecule has 1 amide bonds. The Morgan fingerprint density at radius 2 is 1.81 bits per heavy atom. The van der Waals surface area contributed by atoms with Crippen LogP contribution in [-0.4, -0.2) is 25.7 Å². The van der Waals surface area contributed by atoms with Crippen LogP contribution in [0.3, 0.4) is 0 Å². The molecule has 0 aromatic heterocycles. The van der Waals surface area contributed by atoms with Gasteiger partial charge in [-0.1, -0.05) is 60.7 Å². The van der Waals surface area contributed by atoms with Gasteiger partial charge in [0.1, 0.15) is 12.4 Å². The Labute approximate surface area is 186 Å². The Bertz CT molecular complexity index is 1090. The molecule has 6 heteroatoms. The summed E-state index contributed by atoms with van der Waals surface area (Å²) in [7, 11) is 0. The van der Waals surface area contributed by atoms with Crippen LogP contribution in [0.5, 0.6) is 5.75 Å². The van der Waals surface area contributed by atoms with Gasteiger partial charge in [-0.05, 0) is 31.2 Å². The Balaban J connectivity index is 1.49. The fourth-order valence-corrected chi connectivity index (χ4v) is 3.61. The van der Waals surface area contributed by atoms with E-state index in [0.717, 1.165) is 22.1 Å². The average Bonchev–Trinajstić information content (AvgIpc) is 2.79. The minimum atomic E-state index is -0.817. The van der Waals surface area contributed by atoms with Gasteiger partial charge in [-0.15, -0.1) is 0 Å². The number of carbonyl (C=O) groups is 1. The molecule has 0 atom stereocenters. The molecule has 1 saturated heterocycles. The Hall–Kier alpha value is -2.86. The van der Waals surface area contributed by atoms with Crippen LogP contribution in [0.1, 0.15) is 18.8 Å². The third-order valence-corrected chi connectivity index (χ3v) is 5.54. The van der Waals surface area contributed by atoms with Crippen molar-refractivity contribution in [1.29, 1.82) is 0 Å². The summed E-state index contributed by atoms with van der Waals surface area (Å²) in [5.74, 6) is 0.585.